The number of piperidine rings is 1. The maximum absolute atomic E-state index is 13.2. The van der Waals surface area contributed by atoms with Gasteiger partial charge in [0, 0.05) is 38.9 Å². The van der Waals surface area contributed by atoms with Crippen LogP contribution in [0.1, 0.15) is 33.6 Å². The van der Waals surface area contributed by atoms with Crippen molar-refractivity contribution in [3.8, 4) is 5.75 Å². The summed E-state index contributed by atoms with van der Waals surface area (Å²) in [5, 5.41) is 14.6. The van der Waals surface area contributed by atoms with E-state index in [9.17, 15) is 24.3 Å². The smallest absolute Gasteiger partial charge is 0.414 e. The zero-order chi connectivity index (χ0) is 24.1. The maximum Gasteiger partial charge on any atom is 0.414 e. The molecule has 0 aliphatic carbocycles. The van der Waals surface area contributed by atoms with E-state index >= 15 is 0 Å². The highest BCUT2D eigenvalue weighted by atomic mass is 16.6. The number of rotatable bonds is 4. The molecular formula is C21H30N4O7. The van der Waals surface area contributed by atoms with E-state index in [0.29, 0.717) is 5.69 Å². The fraction of sp³-hybridized carbons (Fsp3) is 0.524. The highest BCUT2D eigenvalue weighted by Crippen LogP contribution is 2.26. The molecule has 11 nitrogen and oxygen atoms in total. The number of benzene rings is 1. The highest BCUT2D eigenvalue weighted by Gasteiger charge is 2.44. The van der Waals surface area contributed by atoms with E-state index in [1.165, 1.54) is 15.9 Å². The second kappa shape index (κ2) is 9.75. The van der Waals surface area contributed by atoms with Gasteiger partial charge in [0.05, 0.1) is 0 Å². The molecule has 2 rings (SSSR count). The van der Waals surface area contributed by atoms with Crippen molar-refractivity contribution in [2.45, 2.75) is 44.8 Å². The lowest BCUT2D eigenvalue weighted by atomic mass is 9.86. The Morgan fingerprint density at radius 2 is 1.75 bits per heavy atom. The minimum absolute atomic E-state index is 0.0685. The molecule has 0 atom stereocenters. The number of nitrogens with zero attached hydrogens (tertiary/aromatic N) is 2. The summed E-state index contributed by atoms with van der Waals surface area (Å²) in [6.07, 6.45) is -2.30. The largest absolute Gasteiger partial charge is 0.465 e. The number of carbonyl (C=O) groups excluding carboxylic acids is 3. The van der Waals surface area contributed by atoms with E-state index in [0.717, 1.165) is 0 Å². The minimum atomic E-state index is -1.37. The Morgan fingerprint density at radius 1 is 1.12 bits per heavy atom. The molecule has 0 saturated carbocycles. The number of hydrogen-bond acceptors (Lipinski definition) is 6. The lowest BCUT2D eigenvalue weighted by Crippen LogP contribution is -2.62. The molecule has 1 aliphatic heterocycles. The molecule has 3 N–H and O–H groups in total. The summed E-state index contributed by atoms with van der Waals surface area (Å²) in [5.74, 6) is -0.291. The molecule has 0 unspecified atom stereocenters. The number of hydrogen-bond donors (Lipinski definition) is 3. The molecule has 1 aliphatic rings. The van der Waals surface area contributed by atoms with Crippen molar-refractivity contribution in [3.63, 3.8) is 0 Å². The molecule has 176 valence electrons. The third-order valence-corrected chi connectivity index (χ3v) is 4.72. The van der Waals surface area contributed by atoms with Crippen molar-refractivity contribution in [2.75, 3.05) is 32.5 Å². The van der Waals surface area contributed by atoms with Crippen LogP contribution in [0.5, 0.6) is 5.75 Å². The van der Waals surface area contributed by atoms with Gasteiger partial charge in [-0.2, -0.15) is 0 Å². The first-order valence-electron chi connectivity index (χ1n) is 10.1. The van der Waals surface area contributed by atoms with Gasteiger partial charge in [0.15, 0.2) is 0 Å². The molecule has 1 aromatic carbocycles. The molecule has 0 spiro atoms. The molecule has 1 fully saturated rings. The fourth-order valence-corrected chi connectivity index (χ4v) is 3.07. The predicted molar refractivity (Wildman–Crippen MR) is 116 cm³/mol. The van der Waals surface area contributed by atoms with Crippen LogP contribution in [0, 0.1) is 0 Å². The molecule has 1 aromatic rings. The average molecular weight is 450 g/mol. The zero-order valence-corrected chi connectivity index (χ0v) is 18.9. The third-order valence-electron chi connectivity index (χ3n) is 4.72. The minimum Gasteiger partial charge on any atom is -0.465 e. The summed E-state index contributed by atoms with van der Waals surface area (Å²) < 4.78 is 10.5. The Labute approximate surface area is 186 Å². The average Bonchev–Trinajstić information content (AvgIpc) is 2.66. The van der Waals surface area contributed by atoms with Gasteiger partial charge in [-0.15, -0.1) is 0 Å². The van der Waals surface area contributed by atoms with E-state index in [4.69, 9.17) is 9.47 Å². The Hall–Kier alpha value is -3.50. The summed E-state index contributed by atoms with van der Waals surface area (Å²) in [4.78, 5) is 51.2. The second-order valence-corrected chi connectivity index (χ2v) is 8.72. The SMILES string of the molecule is CN(C)C(=O)Oc1cccc(NC(=O)C2(NC(=O)OC(C)(C)C)CCN(C(=O)O)CC2)c1. The van der Waals surface area contributed by atoms with Crippen LogP contribution in [0.2, 0.25) is 0 Å². The number of carbonyl (C=O) groups is 4. The van der Waals surface area contributed by atoms with Crippen molar-refractivity contribution in [1.82, 2.24) is 15.1 Å². The van der Waals surface area contributed by atoms with Crippen LogP contribution in [-0.4, -0.2) is 77.4 Å². The van der Waals surface area contributed by atoms with Crippen molar-refractivity contribution in [3.05, 3.63) is 24.3 Å². The van der Waals surface area contributed by atoms with Crippen LogP contribution in [-0.2, 0) is 9.53 Å². The molecule has 1 heterocycles. The quantitative estimate of drug-likeness (QED) is 0.641. The van der Waals surface area contributed by atoms with E-state index in [-0.39, 0.29) is 31.7 Å². The number of amides is 4. The third kappa shape index (κ3) is 6.76. The number of likely N-dealkylation sites (tertiary alicyclic amines) is 1. The first-order valence-corrected chi connectivity index (χ1v) is 10.1. The van der Waals surface area contributed by atoms with Crippen molar-refractivity contribution in [2.24, 2.45) is 0 Å². The summed E-state index contributed by atoms with van der Waals surface area (Å²) in [7, 11) is 3.09. The van der Waals surface area contributed by atoms with Gasteiger partial charge < -0.3 is 35.0 Å². The summed E-state index contributed by atoms with van der Waals surface area (Å²) >= 11 is 0. The zero-order valence-electron chi connectivity index (χ0n) is 18.9. The molecule has 0 bridgehead atoms. The van der Waals surface area contributed by atoms with Gasteiger partial charge in [0.25, 0.3) is 0 Å². The van der Waals surface area contributed by atoms with Crippen molar-refractivity contribution in [1.29, 1.82) is 0 Å². The lowest BCUT2D eigenvalue weighted by Gasteiger charge is -2.40. The van der Waals surface area contributed by atoms with Gasteiger partial charge >= 0.3 is 18.3 Å². The van der Waals surface area contributed by atoms with Gasteiger partial charge in [-0.25, -0.2) is 14.4 Å². The van der Waals surface area contributed by atoms with Gasteiger partial charge in [-0.1, -0.05) is 6.07 Å². The number of carboxylic acid groups (broad SMARTS) is 1. The Bertz CT molecular complexity index is 871. The molecule has 0 radical (unpaired) electrons. The van der Waals surface area contributed by atoms with E-state index < -0.39 is 35.3 Å². The number of ether oxygens (including phenoxy) is 2. The Kier molecular flexibility index (Phi) is 7.55. The molecule has 4 amide bonds. The first-order chi connectivity index (χ1) is 14.8. The fourth-order valence-electron chi connectivity index (χ4n) is 3.07. The molecule has 32 heavy (non-hydrogen) atoms. The normalized spacial score (nSPS) is 15.3. The number of nitrogens with one attached hydrogen (secondary N) is 2. The lowest BCUT2D eigenvalue weighted by molar-refractivity contribution is -0.124. The van der Waals surface area contributed by atoms with E-state index in [1.54, 1.807) is 53.1 Å². The summed E-state index contributed by atoms with van der Waals surface area (Å²) in [6, 6.07) is 6.26. The Balaban J connectivity index is 2.20. The summed E-state index contributed by atoms with van der Waals surface area (Å²) in [5.41, 5.74) is -1.79. The highest BCUT2D eigenvalue weighted by molar-refractivity contribution is 6.00. The Morgan fingerprint density at radius 3 is 2.28 bits per heavy atom. The molecule has 0 aromatic heterocycles. The van der Waals surface area contributed by atoms with Crippen LogP contribution in [0.15, 0.2) is 24.3 Å². The topological polar surface area (TPSA) is 138 Å². The molecule has 1 saturated heterocycles. The standard InChI is InChI=1S/C21H30N4O7/c1-20(2,3)32-17(27)23-21(9-11-25(12-10-21)18(28)29)16(26)22-14-7-6-8-15(13-14)31-19(30)24(4)5/h6-8,13H,9-12H2,1-5H3,(H,22,26)(H,23,27)(H,28,29). The van der Waals surface area contributed by atoms with Gasteiger partial charge in [0.2, 0.25) is 5.91 Å². The monoisotopic (exact) mass is 450 g/mol. The molecule has 11 heteroatoms. The molecular weight excluding hydrogens is 420 g/mol. The van der Waals surface area contributed by atoms with Crippen LogP contribution in [0.3, 0.4) is 0 Å². The van der Waals surface area contributed by atoms with Gasteiger partial charge in [0.1, 0.15) is 16.9 Å². The van der Waals surface area contributed by atoms with Crippen molar-refractivity contribution >= 4 is 29.9 Å². The number of anilines is 1. The van der Waals surface area contributed by atoms with Gasteiger partial charge in [-0.05, 0) is 45.7 Å². The van der Waals surface area contributed by atoms with Crippen LogP contribution >= 0.6 is 0 Å². The van der Waals surface area contributed by atoms with E-state index in [2.05, 4.69) is 10.6 Å². The summed E-state index contributed by atoms with van der Waals surface area (Å²) in [6.45, 7) is 5.24. The van der Waals surface area contributed by atoms with Crippen LogP contribution in [0.25, 0.3) is 0 Å². The van der Waals surface area contributed by atoms with Crippen molar-refractivity contribution < 1.29 is 33.8 Å². The van der Waals surface area contributed by atoms with E-state index in [1.807, 2.05) is 0 Å². The van der Waals surface area contributed by atoms with Crippen LogP contribution in [0.4, 0.5) is 20.1 Å². The second-order valence-electron chi connectivity index (χ2n) is 8.72. The predicted octanol–water partition coefficient (Wildman–Crippen LogP) is 2.72. The van der Waals surface area contributed by atoms with Gasteiger partial charge in [-0.3, -0.25) is 4.79 Å². The first kappa shape index (κ1) is 24.8. The number of alkyl carbamates (subject to hydrolysis) is 1. The maximum atomic E-state index is 13.2. The van der Waals surface area contributed by atoms with Crippen LogP contribution < -0.4 is 15.4 Å².